The third-order valence-corrected chi connectivity index (χ3v) is 13.9. The predicted octanol–water partition coefficient (Wildman–Crippen LogP) is 3.55. The van der Waals surface area contributed by atoms with Gasteiger partial charge in [0.25, 0.3) is 0 Å². The third kappa shape index (κ3) is 4.62. The minimum atomic E-state index is -2.62. The van der Waals surface area contributed by atoms with Gasteiger partial charge in [-0.2, -0.15) is 0 Å². The van der Waals surface area contributed by atoms with Crippen molar-refractivity contribution < 1.29 is 14.0 Å². The number of ether oxygens (including phenoxy) is 1. The first kappa shape index (κ1) is 23.0. The Morgan fingerprint density at radius 1 is 0.875 bits per heavy atom. The fourth-order valence-electron chi connectivity index (χ4n) is 4.47. The van der Waals surface area contributed by atoms with Gasteiger partial charge in [-0.25, -0.2) is 0 Å². The molecule has 3 aromatic carbocycles. The molecule has 3 aromatic rings. The summed E-state index contributed by atoms with van der Waals surface area (Å²) >= 11 is 0.0221. The summed E-state index contributed by atoms with van der Waals surface area (Å²) in [6.45, 7) is 7.80. The summed E-state index contributed by atoms with van der Waals surface area (Å²) in [6.07, 6.45) is 0. The number of rotatable bonds is 7. The van der Waals surface area contributed by atoms with Gasteiger partial charge in [0.05, 0.1) is 0 Å². The van der Waals surface area contributed by atoms with Crippen molar-refractivity contribution in [1.29, 1.82) is 0 Å². The van der Waals surface area contributed by atoms with Crippen LogP contribution in [0, 0.1) is 5.92 Å². The van der Waals surface area contributed by atoms with E-state index in [4.69, 9.17) is 9.16 Å². The van der Waals surface area contributed by atoms with Crippen LogP contribution in [0.25, 0.3) is 0 Å². The van der Waals surface area contributed by atoms with Gasteiger partial charge >= 0.3 is 199 Å². The summed E-state index contributed by atoms with van der Waals surface area (Å²) in [6, 6.07) is 31.6. The van der Waals surface area contributed by atoms with Crippen molar-refractivity contribution in [2.45, 2.75) is 30.6 Å². The van der Waals surface area contributed by atoms with Crippen molar-refractivity contribution in [2.75, 3.05) is 13.2 Å². The molecule has 1 saturated heterocycles. The molecule has 1 aliphatic rings. The van der Waals surface area contributed by atoms with Gasteiger partial charge in [-0.05, 0) is 0 Å². The maximum atomic E-state index is 12.6. The maximum absolute atomic E-state index is 12.6. The molecule has 0 N–H and O–H groups in total. The molecule has 0 aromatic heterocycles. The molecule has 0 unspecified atom stereocenters. The van der Waals surface area contributed by atoms with Crippen molar-refractivity contribution in [3.8, 4) is 0 Å². The van der Waals surface area contributed by atoms with Crippen molar-refractivity contribution in [1.82, 2.24) is 0 Å². The molecular weight excluding hydrogens is 479 g/mol. The van der Waals surface area contributed by atoms with Crippen LogP contribution in [0.1, 0.15) is 20.8 Å². The van der Waals surface area contributed by atoms with Gasteiger partial charge in [0.1, 0.15) is 0 Å². The molecule has 4 rings (SSSR count). The van der Waals surface area contributed by atoms with Crippen LogP contribution in [0.4, 0.5) is 0 Å². The summed E-state index contributed by atoms with van der Waals surface area (Å²) in [5.74, 6) is -0.00532. The van der Waals surface area contributed by atoms with Crippen LogP contribution in [-0.4, -0.2) is 42.5 Å². The van der Waals surface area contributed by atoms with Crippen LogP contribution < -0.4 is 14.8 Å². The molecule has 1 heterocycles. The molecule has 0 radical (unpaired) electrons. The van der Waals surface area contributed by atoms with Gasteiger partial charge in [-0.15, -0.1) is 0 Å². The monoisotopic (exact) mass is 510 g/mol. The van der Waals surface area contributed by atoms with Crippen LogP contribution in [0.15, 0.2) is 91.0 Å². The Bertz CT molecular complexity index is 980. The van der Waals surface area contributed by atoms with Gasteiger partial charge in [-0.3, -0.25) is 0 Å². The normalized spacial score (nSPS) is 19.0. The van der Waals surface area contributed by atoms with Crippen LogP contribution in [0.3, 0.4) is 0 Å². The molecule has 0 spiro atoms. The number of esters is 1. The van der Waals surface area contributed by atoms with E-state index in [2.05, 4.69) is 93.6 Å². The second-order valence-corrected chi connectivity index (χ2v) is 16.1. The van der Waals surface area contributed by atoms with E-state index in [0.29, 0.717) is 13.2 Å². The van der Waals surface area contributed by atoms with Crippen molar-refractivity contribution in [3.05, 3.63) is 91.0 Å². The summed E-state index contributed by atoms with van der Waals surface area (Å²) in [4.78, 5) is 12.5. The second kappa shape index (κ2) is 9.76. The zero-order valence-electron chi connectivity index (χ0n) is 18.9. The Morgan fingerprint density at radius 3 is 1.88 bits per heavy atom. The second-order valence-electron chi connectivity index (χ2n) is 9.22. The van der Waals surface area contributed by atoms with E-state index in [-0.39, 0.29) is 36.7 Å². The molecule has 3 nitrogen and oxygen atoms in total. The van der Waals surface area contributed by atoms with Gasteiger partial charge in [0.15, 0.2) is 0 Å². The SMILES string of the molecule is CC(C)(C)[Si](OC[C@@H]1COC(=O)[C@@H]1[Se]c1ccccc1)(c1ccccc1)c1ccccc1. The first-order valence-corrected chi connectivity index (χ1v) is 14.8. The fraction of sp³-hybridized carbons (Fsp3) is 0.296. The zero-order valence-corrected chi connectivity index (χ0v) is 21.6. The Balaban J connectivity index is 1.67. The number of benzene rings is 3. The van der Waals surface area contributed by atoms with E-state index in [0.717, 1.165) is 0 Å². The van der Waals surface area contributed by atoms with Crippen molar-refractivity contribution in [2.24, 2.45) is 5.92 Å². The number of hydrogen-bond donors (Lipinski definition) is 0. The van der Waals surface area contributed by atoms with E-state index < -0.39 is 8.32 Å². The molecule has 2 atom stereocenters. The molecule has 0 amide bonds. The van der Waals surface area contributed by atoms with E-state index in [1.165, 1.54) is 14.8 Å². The Kier molecular flexibility index (Phi) is 7.01. The first-order valence-electron chi connectivity index (χ1n) is 11.1. The van der Waals surface area contributed by atoms with E-state index >= 15 is 0 Å². The molecule has 0 saturated carbocycles. The Hall–Kier alpha value is -2.17. The first-order chi connectivity index (χ1) is 15.4. The van der Waals surface area contributed by atoms with Crippen LogP contribution >= 0.6 is 0 Å². The van der Waals surface area contributed by atoms with E-state index in [9.17, 15) is 4.79 Å². The van der Waals surface area contributed by atoms with Gasteiger partial charge in [-0.1, -0.05) is 0 Å². The molecule has 1 aliphatic heterocycles. The zero-order chi connectivity index (χ0) is 22.6. The molecule has 0 aliphatic carbocycles. The number of hydrogen-bond acceptors (Lipinski definition) is 3. The van der Waals surface area contributed by atoms with Gasteiger partial charge < -0.3 is 0 Å². The molecule has 166 valence electrons. The molecular formula is C27H30O3SeSi. The summed E-state index contributed by atoms with van der Waals surface area (Å²) < 4.78 is 13.8. The summed E-state index contributed by atoms with van der Waals surface area (Å²) in [5, 5.41) is 2.43. The van der Waals surface area contributed by atoms with Crippen molar-refractivity contribution in [3.63, 3.8) is 0 Å². The molecule has 1 fully saturated rings. The van der Waals surface area contributed by atoms with Crippen LogP contribution in [0.5, 0.6) is 0 Å². The van der Waals surface area contributed by atoms with Crippen LogP contribution in [-0.2, 0) is 14.0 Å². The van der Waals surface area contributed by atoms with Gasteiger partial charge in [0.2, 0.25) is 0 Å². The topological polar surface area (TPSA) is 35.5 Å². The number of carbonyl (C=O) groups excluding carboxylic acids is 1. The fourth-order valence-corrected chi connectivity index (χ4v) is 11.4. The average Bonchev–Trinajstić information content (AvgIpc) is 3.15. The molecule has 32 heavy (non-hydrogen) atoms. The Morgan fingerprint density at radius 2 is 1.38 bits per heavy atom. The molecule has 0 bridgehead atoms. The number of cyclic esters (lactones) is 1. The summed E-state index contributed by atoms with van der Waals surface area (Å²) in [5.41, 5.74) is 0. The van der Waals surface area contributed by atoms with Crippen molar-refractivity contribution >= 4 is 44.1 Å². The van der Waals surface area contributed by atoms with E-state index in [1.54, 1.807) is 0 Å². The number of carbonyl (C=O) groups is 1. The average molecular weight is 510 g/mol. The molecule has 5 heteroatoms. The van der Waals surface area contributed by atoms with E-state index in [1.807, 2.05) is 18.2 Å². The van der Waals surface area contributed by atoms with Crippen LogP contribution in [0.2, 0.25) is 9.85 Å². The standard InChI is InChI=1S/C27H30O3SeSi/c1-27(2,3)32(23-15-9-5-10-16-23,24-17-11-6-12-18-24)30-20-21-19-29-26(28)25(21)31-22-13-7-4-8-14-22/h4-18,21,25H,19-20H2,1-3H3/t21-,25+/m0/s1. The minimum absolute atomic E-state index is 0.0221. The third-order valence-electron chi connectivity index (χ3n) is 6.04. The van der Waals surface area contributed by atoms with Gasteiger partial charge in [0, 0.05) is 0 Å². The predicted molar refractivity (Wildman–Crippen MR) is 134 cm³/mol. The quantitative estimate of drug-likeness (QED) is 0.361. The Labute approximate surface area is 198 Å². The summed E-state index contributed by atoms with van der Waals surface area (Å²) in [7, 11) is -2.62.